The third-order valence-corrected chi connectivity index (χ3v) is 4.54. The molecule has 1 saturated carbocycles. The van der Waals surface area contributed by atoms with E-state index >= 15 is 0 Å². The highest BCUT2D eigenvalue weighted by Gasteiger charge is 2.40. The topological polar surface area (TPSA) is 40.5 Å². The van der Waals surface area contributed by atoms with Crippen LogP contribution in [-0.2, 0) is 11.3 Å². The van der Waals surface area contributed by atoms with Crippen molar-refractivity contribution in [1.82, 2.24) is 4.90 Å². The molecular weight excluding hydrogens is 250 g/mol. The Hall–Kier alpha value is -1.35. The minimum Gasteiger partial charge on any atom is -0.481 e. The van der Waals surface area contributed by atoms with Gasteiger partial charge in [0.15, 0.2) is 0 Å². The molecule has 1 aromatic rings. The molecule has 0 spiro atoms. The van der Waals surface area contributed by atoms with E-state index < -0.39 is 11.4 Å². The molecule has 1 N–H and O–H groups in total. The molecule has 0 saturated heterocycles. The molecule has 20 heavy (non-hydrogen) atoms. The van der Waals surface area contributed by atoms with E-state index in [0.29, 0.717) is 6.54 Å². The van der Waals surface area contributed by atoms with Gasteiger partial charge >= 0.3 is 5.97 Å². The smallest absolute Gasteiger partial charge is 0.310 e. The first-order valence-electron chi connectivity index (χ1n) is 7.50. The summed E-state index contributed by atoms with van der Waals surface area (Å²) in [6.07, 6.45) is 4.91. The molecule has 0 unspecified atom stereocenters. The second kappa shape index (κ2) is 6.40. The molecule has 1 aromatic carbocycles. The van der Waals surface area contributed by atoms with E-state index in [2.05, 4.69) is 24.0 Å². The van der Waals surface area contributed by atoms with Crippen molar-refractivity contribution in [3.63, 3.8) is 0 Å². The number of rotatable bonds is 5. The Balaban J connectivity index is 2.04. The van der Waals surface area contributed by atoms with Gasteiger partial charge in [-0.2, -0.15) is 0 Å². The van der Waals surface area contributed by atoms with E-state index in [1.165, 1.54) is 17.5 Å². The molecule has 3 heteroatoms. The third kappa shape index (κ3) is 3.40. The standard InChI is InChI=1S/C17H25NO2/c1-14-8-4-5-9-15(14)12-18(2)13-17(16(19)20)10-6-3-7-11-17/h4-5,8-9H,3,6-7,10-13H2,1-2H3,(H,19,20). The maximum atomic E-state index is 11.7. The van der Waals surface area contributed by atoms with Gasteiger partial charge in [-0.1, -0.05) is 43.5 Å². The number of hydrogen-bond acceptors (Lipinski definition) is 2. The molecule has 0 aromatic heterocycles. The average Bonchev–Trinajstić information content (AvgIpc) is 2.42. The Morgan fingerprint density at radius 1 is 1.25 bits per heavy atom. The molecule has 2 rings (SSSR count). The molecule has 0 radical (unpaired) electrons. The minimum absolute atomic E-state index is 0.532. The first kappa shape index (κ1) is 15.0. The van der Waals surface area contributed by atoms with Crippen LogP contribution in [0, 0.1) is 12.3 Å². The quantitative estimate of drug-likeness (QED) is 0.894. The van der Waals surface area contributed by atoms with Crippen LogP contribution in [0.3, 0.4) is 0 Å². The van der Waals surface area contributed by atoms with Gasteiger partial charge < -0.3 is 10.0 Å². The SMILES string of the molecule is Cc1ccccc1CN(C)CC1(C(=O)O)CCCCC1. The van der Waals surface area contributed by atoms with Crippen LogP contribution >= 0.6 is 0 Å². The predicted octanol–water partition coefficient (Wildman–Crippen LogP) is 3.46. The Labute approximate surface area is 121 Å². The third-order valence-electron chi connectivity index (χ3n) is 4.54. The van der Waals surface area contributed by atoms with Crippen molar-refractivity contribution in [3.05, 3.63) is 35.4 Å². The number of carboxylic acid groups (broad SMARTS) is 1. The van der Waals surface area contributed by atoms with Crippen molar-refractivity contribution >= 4 is 5.97 Å². The predicted molar refractivity (Wildman–Crippen MR) is 80.7 cm³/mol. The van der Waals surface area contributed by atoms with E-state index in [4.69, 9.17) is 0 Å². The fourth-order valence-electron chi connectivity index (χ4n) is 3.32. The van der Waals surface area contributed by atoms with Gasteiger partial charge in [0.2, 0.25) is 0 Å². The van der Waals surface area contributed by atoms with Gasteiger partial charge in [-0.3, -0.25) is 4.79 Å². The van der Waals surface area contributed by atoms with Gasteiger partial charge in [-0.15, -0.1) is 0 Å². The lowest BCUT2D eigenvalue weighted by molar-refractivity contribution is -0.152. The van der Waals surface area contributed by atoms with Gasteiger partial charge in [-0.25, -0.2) is 0 Å². The average molecular weight is 275 g/mol. The summed E-state index contributed by atoms with van der Waals surface area (Å²) in [4.78, 5) is 13.9. The van der Waals surface area contributed by atoms with Crippen molar-refractivity contribution in [3.8, 4) is 0 Å². The number of hydrogen-bond donors (Lipinski definition) is 1. The second-order valence-electron chi connectivity index (χ2n) is 6.24. The lowest BCUT2D eigenvalue weighted by Crippen LogP contribution is -2.43. The van der Waals surface area contributed by atoms with Crippen molar-refractivity contribution in [2.75, 3.05) is 13.6 Å². The Morgan fingerprint density at radius 2 is 1.90 bits per heavy atom. The number of benzene rings is 1. The molecule has 1 aliphatic rings. The number of aliphatic carboxylic acids is 1. The molecule has 3 nitrogen and oxygen atoms in total. The maximum absolute atomic E-state index is 11.7. The van der Waals surface area contributed by atoms with Crippen LogP contribution in [-0.4, -0.2) is 29.6 Å². The zero-order chi connectivity index (χ0) is 14.6. The Bertz CT molecular complexity index is 464. The Kier molecular flexibility index (Phi) is 4.81. The summed E-state index contributed by atoms with van der Waals surface area (Å²) < 4.78 is 0. The lowest BCUT2D eigenvalue weighted by atomic mass is 9.73. The summed E-state index contributed by atoms with van der Waals surface area (Å²) in [6.45, 7) is 3.58. The lowest BCUT2D eigenvalue weighted by Gasteiger charge is -2.36. The first-order valence-corrected chi connectivity index (χ1v) is 7.50. The van der Waals surface area contributed by atoms with Crippen LogP contribution in [0.25, 0.3) is 0 Å². The van der Waals surface area contributed by atoms with Gasteiger partial charge in [0.25, 0.3) is 0 Å². The highest BCUT2D eigenvalue weighted by atomic mass is 16.4. The summed E-state index contributed by atoms with van der Waals surface area (Å²) in [5, 5.41) is 9.63. The highest BCUT2D eigenvalue weighted by molar-refractivity contribution is 5.75. The molecule has 1 aliphatic carbocycles. The first-order chi connectivity index (χ1) is 9.53. The van der Waals surface area contributed by atoms with E-state index in [1.54, 1.807) is 0 Å². The van der Waals surface area contributed by atoms with Crippen LogP contribution < -0.4 is 0 Å². The monoisotopic (exact) mass is 275 g/mol. The van der Waals surface area contributed by atoms with E-state index in [9.17, 15) is 9.90 Å². The summed E-state index contributed by atoms with van der Waals surface area (Å²) in [5.41, 5.74) is 2.02. The van der Waals surface area contributed by atoms with Crippen LogP contribution in [0.1, 0.15) is 43.2 Å². The Morgan fingerprint density at radius 3 is 2.50 bits per heavy atom. The fourth-order valence-corrected chi connectivity index (χ4v) is 3.32. The molecule has 0 heterocycles. The van der Waals surface area contributed by atoms with Crippen LogP contribution in [0.2, 0.25) is 0 Å². The zero-order valence-corrected chi connectivity index (χ0v) is 12.6. The van der Waals surface area contributed by atoms with Gasteiger partial charge in [0, 0.05) is 13.1 Å². The summed E-state index contributed by atoms with van der Waals surface area (Å²) in [7, 11) is 2.03. The number of carboxylic acids is 1. The minimum atomic E-state index is -0.617. The summed E-state index contributed by atoms with van der Waals surface area (Å²) >= 11 is 0. The normalized spacial score (nSPS) is 18.1. The number of carbonyl (C=O) groups is 1. The number of nitrogens with zero attached hydrogens (tertiary/aromatic N) is 1. The molecule has 110 valence electrons. The van der Waals surface area contributed by atoms with Crippen molar-refractivity contribution < 1.29 is 9.90 Å². The molecular formula is C17H25NO2. The highest BCUT2D eigenvalue weighted by Crippen LogP contribution is 2.37. The molecule has 0 aliphatic heterocycles. The largest absolute Gasteiger partial charge is 0.481 e. The molecule has 0 atom stereocenters. The molecule has 1 fully saturated rings. The van der Waals surface area contributed by atoms with Crippen molar-refractivity contribution in [2.24, 2.45) is 5.41 Å². The van der Waals surface area contributed by atoms with Crippen molar-refractivity contribution in [2.45, 2.75) is 45.6 Å². The molecule has 0 amide bonds. The fraction of sp³-hybridized carbons (Fsp3) is 0.588. The van der Waals surface area contributed by atoms with E-state index in [1.807, 2.05) is 19.2 Å². The van der Waals surface area contributed by atoms with Gasteiger partial charge in [0.05, 0.1) is 5.41 Å². The summed E-state index contributed by atoms with van der Waals surface area (Å²) in [5.74, 6) is -0.617. The molecule has 0 bridgehead atoms. The van der Waals surface area contributed by atoms with E-state index in [0.717, 1.165) is 32.2 Å². The van der Waals surface area contributed by atoms with Crippen LogP contribution in [0.15, 0.2) is 24.3 Å². The van der Waals surface area contributed by atoms with Crippen LogP contribution in [0.5, 0.6) is 0 Å². The van der Waals surface area contributed by atoms with Gasteiger partial charge in [0.1, 0.15) is 0 Å². The maximum Gasteiger partial charge on any atom is 0.310 e. The van der Waals surface area contributed by atoms with Gasteiger partial charge in [-0.05, 0) is 37.9 Å². The number of aryl methyl sites for hydroxylation is 1. The van der Waals surface area contributed by atoms with Crippen LogP contribution in [0.4, 0.5) is 0 Å². The second-order valence-corrected chi connectivity index (χ2v) is 6.24. The van der Waals surface area contributed by atoms with E-state index in [-0.39, 0.29) is 0 Å². The van der Waals surface area contributed by atoms with Crippen molar-refractivity contribution in [1.29, 1.82) is 0 Å². The summed E-state index contributed by atoms with van der Waals surface area (Å²) in [6, 6.07) is 8.32. The zero-order valence-electron chi connectivity index (χ0n) is 12.6.